The van der Waals surface area contributed by atoms with Gasteiger partial charge in [-0.05, 0) is 92.9 Å². The van der Waals surface area contributed by atoms with Crippen molar-refractivity contribution in [1.82, 2.24) is 4.57 Å². The lowest BCUT2D eigenvalue weighted by Crippen LogP contribution is -2.13. The van der Waals surface area contributed by atoms with E-state index in [1.807, 2.05) is 26.0 Å². The molecule has 0 aliphatic rings. The van der Waals surface area contributed by atoms with Gasteiger partial charge >= 0.3 is 0 Å². The average Bonchev–Trinajstić information content (AvgIpc) is 3.01. The van der Waals surface area contributed by atoms with E-state index >= 15 is 0 Å². The minimum atomic E-state index is -0.446. The molecule has 1 N–H and O–H groups in total. The highest BCUT2D eigenvalue weighted by Gasteiger charge is 2.14. The maximum absolute atomic E-state index is 12.6. The molecule has 1 aromatic heterocycles. The van der Waals surface area contributed by atoms with Crippen molar-refractivity contribution < 1.29 is 9.53 Å². The topological polar surface area (TPSA) is 67.0 Å². The Balaban J connectivity index is 1.91. The zero-order valence-corrected chi connectivity index (χ0v) is 17.9. The highest BCUT2D eigenvalue weighted by atomic mass is 16.5. The van der Waals surface area contributed by atoms with Crippen molar-refractivity contribution in [3.63, 3.8) is 0 Å². The summed E-state index contributed by atoms with van der Waals surface area (Å²) in [5, 5.41) is 12.3. The zero-order valence-electron chi connectivity index (χ0n) is 17.9. The molecule has 0 aliphatic carbocycles. The molecular weight excluding hydrogens is 374 g/mol. The summed E-state index contributed by atoms with van der Waals surface area (Å²) in [5.41, 5.74) is 7.02. The Morgan fingerprint density at radius 2 is 1.73 bits per heavy atom. The molecule has 0 saturated carbocycles. The van der Waals surface area contributed by atoms with Gasteiger partial charge in [0.1, 0.15) is 17.4 Å². The molecule has 0 fully saturated rings. The number of hydrogen-bond donors (Lipinski definition) is 1. The van der Waals surface area contributed by atoms with Gasteiger partial charge in [-0.25, -0.2) is 0 Å². The first kappa shape index (κ1) is 20.9. The third-order valence-electron chi connectivity index (χ3n) is 5.23. The second kappa shape index (κ2) is 8.71. The molecule has 0 spiro atoms. The Labute approximate surface area is 177 Å². The van der Waals surface area contributed by atoms with Crippen molar-refractivity contribution in [2.45, 2.75) is 27.7 Å². The maximum Gasteiger partial charge on any atom is 0.266 e. The molecule has 0 unspecified atom stereocenters. The summed E-state index contributed by atoms with van der Waals surface area (Å²) in [7, 11) is 1.58. The van der Waals surface area contributed by atoms with Gasteiger partial charge in [-0.2, -0.15) is 5.26 Å². The van der Waals surface area contributed by atoms with E-state index in [1.54, 1.807) is 37.5 Å². The van der Waals surface area contributed by atoms with Crippen LogP contribution >= 0.6 is 0 Å². The molecule has 2 aromatic carbocycles. The lowest BCUT2D eigenvalue weighted by atomic mass is 10.1. The van der Waals surface area contributed by atoms with E-state index in [-0.39, 0.29) is 5.57 Å². The number of benzene rings is 2. The summed E-state index contributed by atoms with van der Waals surface area (Å²) in [6.07, 6.45) is 1.64. The number of aromatic nitrogens is 1. The number of nitrogens with zero attached hydrogens (tertiary/aromatic N) is 2. The molecule has 0 radical (unpaired) electrons. The van der Waals surface area contributed by atoms with Crippen LogP contribution in [-0.2, 0) is 4.79 Å². The van der Waals surface area contributed by atoms with Crippen LogP contribution in [0.15, 0.2) is 54.1 Å². The second-order valence-corrected chi connectivity index (χ2v) is 7.28. The fraction of sp³-hybridized carbons (Fsp3) is 0.200. The van der Waals surface area contributed by atoms with Crippen LogP contribution < -0.4 is 10.1 Å². The molecule has 3 rings (SSSR count). The Kier molecular flexibility index (Phi) is 6.08. The van der Waals surface area contributed by atoms with Crippen LogP contribution in [0.5, 0.6) is 5.75 Å². The van der Waals surface area contributed by atoms with Gasteiger partial charge in [-0.1, -0.05) is 6.07 Å². The van der Waals surface area contributed by atoms with Crippen molar-refractivity contribution in [3.05, 3.63) is 82.2 Å². The van der Waals surface area contributed by atoms with E-state index in [2.05, 4.69) is 41.9 Å². The SMILES string of the molecule is COc1ccc(NC(=O)/C(C#N)=C\c2cc(C)n(-c3ccc(C)c(C)c3)c2C)cc1. The van der Waals surface area contributed by atoms with Crippen molar-refractivity contribution >= 4 is 17.7 Å². The molecule has 1 amide bonds. The number of nitriles is 1. The summed E-state index contributed by atoms with van der Waals surface area (Å²) in [4.78, 5) is 12.6. The third kappa shape index (κ3) is 4.28. The number of carbonyl (C=O) groups excluding carboxylic acids is 1. The summed E-state index contributed by atoms with van der Waals surface area (Å²) in [5.74, 6) is 0.251. The second-order valence-electron chi connectivity index (χ2n) is 7.28. The summed E-state index contributed by atoms with van der Waals surface area (Å²) < 4.78 is 7.25. The first-order valence-electron chi connectivity index (χ1n) is 9.68. The first-order chi connectivity index (χ1) is 14.3. The molecule has 0 bridgehead atoms. The number of amides is 1. The maximum atomic E-state index is 12.6. The van der Waals surface area contributed by atoms with Crippen LogP contribution in [0.4, 0.5) is 5.69 Å². The summed E-state index contributed by atoms with van der Waals surface area (Å²) in [6.45, 7) is 8.18. The van der Waals surface area contributed by atoms with E-state index < -0.39 is 5.91 Å². The molecule has 152 valence electrons. The van der Waals surface area contributed by atoms with Crippen LogP contribution in [0.25, 0.3) is 11.8 Å². The molecular formula is C25H25N3O2. The van der Waals surface area contributed by atoms with Crippen LogP contribution in [0.2, 0.25) is 0 Å². The lowest BCUT2D eigenvalue weighted by Gasteiger charge is -2.12. The summed E-state index contributed by atoms with van der Waals surface area (Å²) >= 11 is 0. The van der Waals surface area contributed by atoms with Gasteiger partial charge < -0.3 is 14.6 Å². The predicted molar refractivity (Wildman–Crippen MR) is 120 cm³/mol. The molecule has 0 aliphatic heterocycles. The number of rotatable bonds is 5. The van der Waals surface area contributed by atoms with E-state index in [1.165, 1.54) is 11.1 Å². The molecule has 0 atom stereocenters. The van der Waals surface area contributed by atoms with Crippen LogP contribution in [-0.4, -0.2) is 17.6 Å². The fourth-order valence-corrected chi connectivity index (χ4v) is 3.37. The van der Waals surface area contributed by atoms with Gasteiger partial charge in [0.15, 0.2) is 0 Å². The van der Waals surface area contributed by atoms with Crippen LogP contribution in [0, 0.1) is 39.0 Å². The highest BCUT2D eigenvalue weighted by molar-refractivity contribution is 6.09. The molecule has 1 heterocycles. The number of ether oxygens (including phenoxy) is 1. The summed E-state index contributed by atoms with van der Waals surface area (Å²) in [6, 6.07) is 17.3. The van der Waals surface area contributed by atoms with Crippen molar-refractivity contribution in [3.8, 4) is 17.5 Å². The molecule has 0 saturated heterocycles. The number of nitrogens with one attached hydrogen (secondary N) is 1. The number of hydrogen-bond acceptors (Lipinski definition) is 3. The minimum Gasteiger partial charge on any atom is -0.497 e. The zero-order chi connectivity index (χ0) is 21.8. The normalized spacial score (nSPS) is 11.1. The van der Waals surface area contributed by atoms with E-state index in [0.717, 1.165) is 22.6 Å². The molecule has 30 heavy (non-hydrogen) atoms. The van der Waals surface area contributed by atoms with Gasteiger partial charge in [0.2, 0.25) is 0 Å². The molecule has 5 nitrogen and oxygen atoms in total. The number of aryl methyl sites for hydroxylation is 3. The lowest BCUT2D eigenvalue weighted by molar-refractivity contribution is -0.112. The Bertz CT molecular complexity index is 1160. The van der Waals surface area contributed by atoms with E-state index in [9.17, 15) is 10.1 Å². The predicted octanol–water partition coefficient (Wildman–Crippen LogP) is 5.27. The number of carbonyl (C=O) groups is 1. The van der Waals surface area contributed by atoms with E-state index in [0.29, 0.717) is 11.4 Å². The molecule has 3 aromatic rings. The Morgan fingerprint density at radius 3 is 2.33 bits per heavy atom. The highest BCUT2D eigenvalue weighted by Crippen LogP contribution is 2.24. The fourth-order valence-electron chi connectivity index (χ4n) is 3.37. The number of methoxy groups -OCH3 is 1. The minimum absolute atomic E-state index is 0.0474. The van der Waals surface area contributed by atoms with Gasteiger partial charge in [0.25, 0.3) is 5.91 Å². The Hall–Kier alpha value is -3.78. The quantitative estimate of drug-likeness (QED) is 0.470. The van der Waals surface area contributed by atoms with E-state index in [4.69, 9.17) is 4.74 Å². The smallest absolute Gasteiger partial charge is 0.266 e. The molecule has 5 heteroatoms. The van der Waals surface area contributed by atoms with Crippen LogP contribution in [0.3, 0.4) is 0 Å². The number of anilines is 1. The monoisotopic (exact) mass is 399 g/mol. The van der Waals surface area contributed by atoms with Gasteiger partial charge in [-0.15, -0.1) is 0 Å². The Morgan fingerprint density at radius 1 is 1.03 bits per heavy atom. The first-order valence-corrected chi connectivity index (χ1v) is 9.68. The van der Waals surface area contributed by atoms with Crippen molar-refractivity contribution in [2.75, 3.05) is 12.4 Å². The van der Waals surface area contributed by atoms with Crippen LogP contribution in [0.1, 0.15) is 28.1 Å². The van der Waals surface area contributed by atoms with Crippen molar-refractivity contribution in [1.29, 1.82) is 5.26 Å². The third-order valence-corrected chi connectivity index (χ3v) is 5.23. The average molecular weight is 399 g/mol. The van der Waals surface area contributed by atoms with Gasteiger partial charge in [0, 0.05) is 22.8 Å². The van der Waals surface area contributed by atoms with Gasteiger partial charge in [-0.3, -0.25) is 4.79 Å². The standard InChI is InChI=1S/C25H25N3O2/c1-16-6-9-23(12-17(16)2)28-18(3)13-20(19(28)4)14-21(15-26)25(29)27-22-7-10-24(30-5)11-8-22/h6-14H,1-5H3,(H,27,29)/b21-14-. The largest absolute Gasteiger partial charge is 0.497 e. The van der Waals surface area contributed by atoms with Gasteiger partial charge in [0.05, 0.1) is 7.11 Å². The van der Waals surface area contributed by atoms with Crippen molar-refractivity contribution in [2.24, 2.45) is 0 Å².